The summed E-state index contributed by atoms with van der Waals surface area (Å²) in [5, 5.41) is 4.13. The van der Waals surface area contributed by atoms with E-state index in [9.17, 15) is 4.79 Å². The number of ether oxygens (including phenoxy) is 1. The first kappa shape index (κ1) is 26.6. The van der Waals surface area contributed by atoms with E-state index in [0.717, 1.165) is 22.4 Å². The van der Waals surface area contributed by atoms with Gasteiger partial charge in [-0.15, -0.1) is 0 Å². The average molecular weight is 534 g/mol. The van der Waals surface area contributed by atoms with Crippen LogP contribution in [-0.2, 0) is 0 Å². The quantitative estimate of drug-likeness (QED) is 0.268. The fraction of sp³-hybridized carbons (Fsp3) is 0.194. The standard InChI is InChI=1S/C31H31N7O2/c1-5-24(29-36-25-13-9-10-19(2)27(25)30(39)38(29)22-11-7-6-8-12-22)35-28-23(20(3)34-31(32)37-28)16-14-21-15-17-26(40-4)33-18-21/h6-18,24H,5H2,1-4H3,(H3,32,34,35,37). The second-order valence-electron chi connectivity index (χ2n) is 9.42. The molecule has 0 amide bonds. The molecule has 1 unspecified atom stereocenters. The Morgan fingerprint density at radius 3 is 2.50 bits per heavy atom. The molecular formula is C31H31N7O2. The first-order chi connectivity index (χ1) is 19.4. The zero-order valence-electron chi connectivity index (χ0n) is 22.9. The molecule has 3 heterocycles. The van der Waals surface area contributed by atoms with Gasteiger partial charge in [0.2, 0.25) is 11.8 Å². The molecule has 1 atom stereocenters. The number of benzene rings is 2. The van der Waals surface area contributed by atoms with Crippen LogP contribution in [0, 0.1) is 13.8 Å². The summed E-state index contributed by atoms with van der Waals surface area (Å²) in [5.41, 5.74) is 10.6. The van der Waals surface area contributed by atoms with Crippen LogP contribution in [0.3, 0.4) is 0 Å². The molecule has 5 aromatic rings. The summed E-state index contributed by atoms with van der Waals surface area (Å²) in [7, 11) is 1.58. The van der Waals surface area contributed by atoms with Crippen LogP contribution in [0.25, 0.3) is 28.7 Å². The Kier molecular flexibility index (Phi) is 7.54. The second kappa shape index (κ2) is 11.4. The molecule has 3 aromatic heterocycles. The van der Waals surface area contributed by atoms with Crippen LogP contribution in [-0.4, -0.2) is 31.6 Å². The predicted molar refractivity (Wildman–Crippen MR) is 160 cm³/mol. The van der Waals surface area contributed by atoms with Crippen molar-refractivity contribution in [1.82, 2.24) is 24.5 Å². The molecule has 0 aliphatic carbocycles. The van der Waals surface area contributed by atoms with Crippen LogP contribution in [0.4, 0.5) is 11.8 Å². The zero-order valence-corrected chi connectivity index (χ0v) is 22.9. The molecule has 0 saturated carbocycles. The Morgan fingerprint density at radius 1 is 1.00 bits per heavy atom. The summed E-state index contributed by atoms with van der Waals surface area (Å²) in [6.45, 7) is 5.85. The van der Waals surface area contributed by atoms with Crippen molar-refractivity contribution in [3.05, 3.63) is 105 Å². The van der Waals surface area contributed by atoms with Gasteiger partial charge in [-0.05, 0) is 61.7 Å². The van der Waals surface area contributed by atoms with Gasteiger partial charge in [0.15, 0.2) is 0 Å². The van der Waals surface area contributed by atoms with E-state index in [-0.39, 0.29) is 17.5 Å². The first-order valence-corrected chi connectivity index (χ1v) is 13.1. The van der Waals surface area contributed by atoms with E-state index in [1.165, 1.54) is 0 Å². The van der Waals surface area contributed by atoms with Gasteiger partial charge in [0, 0.05) is 17.8 Å². The molecule has 0 aliphatic rings. The van der Waals surface area contributed by atoms with Crippen molar-refractivity contribution >= 4 is 34.8 Å². The largest absolute Gasteiger partial charge is 0.481 e. The molecule has 40 heavy (non-hydrogen) atoms. The van der Waals surface area contributed by atoms with Gasteiger partial charge in [0.05, 0.1) is 35.4 Å². The van der Waals surface area contributed by atoms with Gasteiger partial charge in [0.1, 0.15) is 11.6 Å². The number of rotatable bonds is 8. The normalized spacial score (nSPS) is 12.1. The highest BCUT2D eigenvalue weighted by Crippen LogP contribution is 2.28. The summed E-state index contributed by atoms with van der Waals surface area (Å²) in [6, 6.07) is 18.6. The van der Waals surface area contributed by atoms with E-state index >= 15 is 0 Å². The van der Waals surface area contributed by atoms with Gasteiger partial charge < -0.3 is 15.8 Å². The summed E-state index contributed by atoms with van der Waals surface area (Å²) in [6.07, 6.45) is 6.21. The van der Waals surface area contributed by atoms with Crippen LogP contribution >= 0.6 is 0 Å². The lowest BCUT2D eigenvalue weighted by atomic mass is 10.1. The summed E-state index contributed by atoms with van der Waals surface area (Å²) >= 11 is 0. The molecule has 9 nitrogen and oxygen atoms in total. The van der Waals surface area contributed by atoms with Gasteiger partial charge >= 0.3 is 0 Å². The van der Waals surface area contributed by atoms with Crippen molar-refractivity contribution in [1.29, 1.82) is 0 Å². The molecule has 0 saturated heterocycles. The highest BCUT2D eigenvalue weighted by atomic mass is 16.5. The molecule has 9 heteroatoms. The number of nitrogen functional groups attached to an aromatic ring is 1. The van der Waals surface area contributed by atoms with Crippen LogP contribution in [0.5, 0.6) is 5.88 Å². The zero-order chi connectivity index (χ0) is 28.2. The van der Waals surface area contributed by atoms with E-state index < -0.39 is 0 Å². The van der Waals surface area contributed by atoms with Crippen molar-refractivity contribution in [2.45, 2.75) is 33.2 Å². The number of pyridine rings is 1. The Hall–Kier alpha value is -5.05. The topological polar surface area (TPSA) is 121 Å². The maximum atomic E-state index is 13.9. The molecule has 0 bridgehead atoms. The third-order valence-corrected chi connectivity index (χ3v) is 6.74. The molecule has 202 valence electrons. The van der Waals surface area contributed by atoms with E-state index in [2.05, 4.69) is 20.3 Å². The molecule has 0 spiro atoms. The number of nitrogens with one attached hydrogen (secondary N) is 1. The first-order valence-electron chi connectivity index (χ1n) is 13.1. The van der Waals surface area contributed by atoms with Crippen molar-refractivity contribution < 1.29 is 4.74 Å². The fourth-order valence-electron chi connectivity index (χ4n) is 4.69. The molecule has 5 rings (SSSR count). The molecule has 2 aromatic carbocycles. The lowest BCUT2D eigenvalue weighted by molar-refractivity contribution is 0.398. The molecule has 0 aliphatic heterocycles. The fourth-order valence-corrected chi connectivity index (χ4v) is 4.69. The maximum Gasteiger partial charge on any atom is 0.266 e. The van der Waals surface area contributed by atoms with E-state index in [1.807, 2.05) is 87.5 Å². The third kappa shape index (κ3) is 5.26. The van der Waals surface area contributed by atoms with Crippen LogP contribution in [0.1, 0.15) is 47.6 Å². The minimum absolute atomic E-state index is 0.116. The van der Waals surface area contributed by atoms with E-state index in [0.29, 0.717) is 40.5 Å². The lowest BCUT2D eigenvalue weighted by Gasteiger charge is -2.23. The Balaban J connectivity index is 1.62. The minimum Gasteiger partial charge on any atom is -0.481 e. The van der Waals surface area contributed by atoms with E-state index in [1.54, 1.807) is 23.9 Å². The number of hydrogen-bond donors (Lipinski definition) is 2. The third-order valence-electron chi connectivity index (χ3n) is 6.74. The van der Waals surface area contributed by atoms with Gasteiger partial charge in [-0.2, -0.15) is 4.98 Å². The summed E-state index contributed by atoms with van der Waals surface area (Å²) in [5.74, 6) is 1.83. The predicted octanol–water partition coefficient (Wildman–Crippen LogP) is 5.51. The highest BCUT2D eigenvalue weighted by molar-refractivity contribution is 5.82. The van der Waals surface area contributed by atoms with Gasteiger partial charge in [0.25, 0.3) is 5.56 Å². The van der Waals surface area contributed by atoms with Gasteiger partial charge in [-0.25, -0.2) is 15.0 Å². The molecule has 0 radical (unpaired) electrons. The number of nitrogens with two attached hydrogens (primary N) is 1. The van der Waals surface area contributed by atoms with Gasteiger partial charge in [-0.3, -0.25) is 9.36 Å². The monoisotopic (exact) mass is 533 g/mol. The number of anilines is 2. The van der Waals surface area contributed by atoms with Crippen molar-refractivity contribution in [3.8, 4) is 11.6 Å². The summed E-state index contributed by atoms with van der Waals surface area (Å²) in [4.78, 5) is 32.1. The smallest absolute Gasteiger partial charge is 0.266 e. The van der Waals surface area contributed by atoms with Crippen molar-refractivity contribution in [2.75, 3.05) is 18.2 Å². The Bertz CT molecular complexity index is 1750. The average Bonchev–Trinajstić information content (AvgIpc) is 2.96. The van der Waals surface area contributed by atoms with Crippen molar-refractivity contribution in [3.63, 3.8) is 0 Å². The number of nitrogens with zero attached hydrogens (tertiary/aromatic N) is 5. The summed E-state index contributed by atoms with van der Waals surface area (Å²) < 4.78 is 6.84. The molecular weight excluding hydrogens is 502 g/mol. The van der Waals surface area contributed by atoms with Crippen LogP contribution < -0.4 is 21.3 Å². The van der Waals surface area contributed by atoms with Gasteiger partial charge in [-0.1, -0.05) is 43.3 Å². The van der Waals surface area contributed by atoms with Crippen LogP contribution in [0.2, 0.25) is 0 Å². The molecule has 3 N–H and O–H groups in total. The number of para-hydroxylation sites is 1. The van der Waals surface area contributed by atoms with Crippen molar-refractivity contribution in [2.24, 2.45) is 0 Å². The SMILES string of the molecule is CCC(Nc1nc(N)nc(C)c1C=Cc1ccc(OC)nc1)c1nc2cccc(C)c2c(=O)n1-c1ccccc1. The maximum absolute atomic E-state index is 13.9. The Morgan fingerprint density at radius 2 is 1.80 bits per heavy atom. The number of aryl methyl sites for hydroxylation is 2. The minimum atomic E-state index is -0.360. The number of fused-ring (bicyclic) bond motifs is 1. The van der Waals surface area contributed by atoms with Crippen LogP contribution in [0.15, 0.2) is 71.7 Å². The number of methoxy groups -OCH3 is 1. The van der Waals surface area contributed by atoms with E-state index in [4.69, 9.17) is 15.5 Å². The highest BCUT2D eigenvalue weighted by Gasteiger charge is 2.22. The second-order valence-corrected chi connectivity index (χ2v) is 9.42. The molecule has 0 fully saturated rings. The number of aromatic nitrogens is 5. The lowest BCUT2D eigenvalue weighted by Crippen LogP contribution is -2.29. The number of hydrogen-bond acceptors (Lipinski definition) is 8. The Labute approximate surface area is 232 Å².